The first-order valence-electron chi connectivity index (χ1n) is 7.09. The van der Waals surface area contributed by atoms with Crippen molar-refractivity contribution in [3.8, 4) is 5.75 Å². The van der Waals surface area contributed by atoms with Crippen molar-refractivity contribution in [3.05, 3.63) is 58.7 Å². The van der Waals surface area contributed by atoms with Crippen LogP contribution >= 0.6 is 0 Å². The number of ether oxygens (including phenoxy) is 2. The van der Waals surface area contributed by atoms with Crippen LogP contribution in [0.4, 0.5) is 5.69 Å². The zero-order valence-electron chi connectivity index (χ0n) is 13.4. The number of carbonyl (C=O) groups is 1. The van der Waals surface area contributed by atoms with Crippen LogP contribution in [0.2, 0.25) is 0 Å². The average molecular weight is 299 g/mol. The van der Waals surface area contributed by atoms with E-state index in [0.29, 0.717) is 17.9 Å². The Labute approximate surface area is 131 Å². The Hall–Kier alpha value is -2.33. The Balaban J connectivity index is 2.21. The molecule has 0 fully saturated rings. The number of aryl methyl sites for hydroxylation is 2. The van der Waals surface area contributed by atoms with Gasteiger partial charge in [0.25, 0.3) is 5.91 Å². The van der Waals surface area contributed by atoms with Gasteiger partial charge in [-0.3, -0.25) is 4.79 Å². The number of nitrogens with one attached hydrogen (secondary N) is 1. The van der Waals surface area contributed by atoms with Crippen LogP contribution in [0.25, 0.3) is 0 Å². The molecule has 0 aliphatic heterocycles. The van der Waals surface area contributed by atoms with Gasteiger partial charge >= 0.3 is 0 Å². The van der Waals surface area contributed by atoms with Crippen LogP contribution in [-0.2, 0) is 11.3 Å². The van der Waals surface area contributed by atoms with Gasteiger partial charge < -0.3 is 14.8 Å². The number of benzene rings is 2. The van der Waals surface area contributed by atoms with Crippen molar-refractivity contribution in [2.45, 2.75) is 20.5 Å². The Kier molecular flexibility index (Phi) is 5.17. The van der Waals surface area contributed by atoms with Crippen LogP contribution in [0, 0.1) is 13.8 Å². The number of amides is 1. The van der Waals surface area contributed by atoms with Crippen molar-refractivity contribution in [3.63, 3.8) is 0 Å². The number of carbonyl (C=O) groups excluding carboxylic acids is 1. The minimum absolute atomic E-state index is 0.150. The molecule has 0 radical (unpaired) electrons. The second kappa shape index (κ2) is 7.09. The molecule has 0 saturated heterocycles. The van der Waals surface area contributed by atoms with E-state index in [2.05, 4.69) is 5.32 Å². The molecule has 0 aromatic heterocycles. The molecule has 22 heavy (non-hydrogen) atoms. The van der Waals surface area contributed by atoms with Crippen molar-refractivity contribution in [1.29, 1.82) is 0 Å². The minimum Gasteiger partial charge on any atom is -0.496 e. The van der Waals surface area contributed by atoms with Gasteiger partial charge in [-0.05, 0) is 55.3 Å². The van der Waals surface area contributed by atoms with E-state index in [0.717, 1.165) is 16.8 Å². The highest BCUT2D eigenvalue weighted by Gasteiger charge is 2.11. The van der Waals surface area contributed by atoms with E-state index in [1.54, 1.807) is 32.4 Å². The fourth-order valence-corrected chi connectivity index (χ4v) is 2.21. The molecule has 4 nitrogen and oxygen atoms in total. The standard InChI is InChI=1S/C18H21NO3/c1-12-5-7-16(9-13(12)2)19-18(20)14-6-8-17(22-4)15(10-14)11-21-3/h5-10H,11H2,1-4H3,(H,19,20). The number of rotatable bonds is 5. The van der Waals surface area contributed by atoms with Gasteiger partial charge in [-0.15, -0.1) is 0 Å². The quantitative estimate of drug-likeness (QED) is 0.915. The van der Waals surface area contributed by atoms with Crippen molar-refractivity contribution in [2.24, 2.45) is 0 Å². The average Bonchev–Trinajstić information content (AvgIpc) is 2.51. The molecule has 0 spiro atoms. The van der Waals surface area contributed by atoms with E-state index < -0.39 is 0 Å². The van der Waals surface area contributed by atoms with E-state index in [9.17, 15) is 4.79 Å². The first-order valence-corrected chi connectivity index (χ1v) is 7.09. The van der Waals surface area contributed by atoms with Gasteiger partial charge in [0.2, 0.25) is 0 Å². The Bertz CT molecular complexity index is 680. The van der Waals surface area contributed by atoms with Gasteiger partial charge in [-0.2, -0.15) is 0 Å². The molecule has 116 valence electrons. The highest BCUT2D eigenvalue weighted by Crippen LogP contribution is 2.22. The number of methoxy groups -OCH3 is 2. The summed E-state index contributed by atoms with van der Waals surface area (Å²) in [6.45, 7) is 4.46. The molecule has 0 unspecified atom stereocenters. The van der Waals surface area contributed by atoms with Crippen LogP contribution in [0.3, 0.4) is 0 Å². The summed E-state index contributed by atoms with van der Waals surface area (Å²) in [7, 11) is 3.21. The first kappa shape index (κ1) is 16.0. The van der Waals surface area contributed by atoms with Gasteiger partial charge in [0, 0.05) is 23.9 Å². The lowest BCUT2D eigenvalue weighted by molar-refractivity contribution is 0.102. The van der Waals surface area contributed by atoms with Gasteiger partial charge in [0.05, 0.1) is 13.7 Å². The van der Waals surface area contributed by atoms with Crippen LogP contribution in [-0.4, -0.2) is 20.1 Å². The number of hydrogen-bond donors (Lipinski definition) is 1. The minimum atomic E-state index is -0.150. The zero-order valence-corrected chi connectivity index (χ0v) is 13.4. The third kappa shape index (κ3) is 3.65. The van der Waals surface area contributed by atoms with Crippen molar-refractivity contribution < 1.29 is 14.3 Å². The summed E-state index contributed by atoms with van der Waals surface area (Å²) in [5.41, 5.74) is 4.55. The van der Waals surface area contributed by atoms with Gasteiger partial charge in [0.15, 0.2) is 0 Å². The lowest BCUT2D eigenvalue weighted by atomic mass is 10.1. The van der Waals surface area contributed by atoms with Crippen molar-refractivity contribution >= 4 is 11.6 Å². The summed E-state index contributed by atoms with van der Waals surface area (Å²) < 4.78 is 10.4. The normalized spacial score (nSPS) is 10.4. The molecule has 0 saturated carbocycles. The van der Waals surface area contributed by atoms with Gasteiger partial charge in [-0.25, -0.2) is 0 Å². The molecule has 4 heteroatoms. The van der Waals surface area contributed by atoms with Crippen molar-refractivity contribution in [2.75, 3.05) is 19.5 Å². The lowest BCUT2D eigenvalue weighted by Crippen LogP contribution is -2.12. The van der Waals surface area contributed by atoms with Crippen molar-refractivity contribution in [1.82, 2.24) is 0 Å². The van der Waals surface area contributed by atoms with E-state index in [1.165, 1.54) is 5.56 Å². The molecular formula is C18H21NO3. The second-order valence-corrected chi connectivity index (χ2v) is 5.21. The number of anilines is 1. The second-order valence-electron chi connectivity index (χ2n) is 5.21. The summed E-state index contributed by atoms with van der Waals surface area (Å²) in [6.07, 6.45) is 0. The smallest absolute Gasteiger partial charge is 0.255 e. The molecule has 0 heterocycles. The zero-order chi connectivity index (χ0) is 16.1. The first-order chi connectivity index (χ1) is 10.5. The maximum absolute atomic E-state index is 12.4. The van der Waals surface area contributed by atoms with Crippen LogP contribution < -0.4 is 10.1 Å². The molecule has 1 amide bonds. The van der Waals surface area contributed by atoms with Gasteiger partial charge in [0.1, 0.15) is 5.75 Å². The summed E-state index contributed by atoms with van der Waals surface area (Å²) >= 11 is 0. The molecule has 2 aromatic rings. The molecule has 0 aliphatic carbocycles. The molecule has 2 rings (SSSR count). The highest BCUT2D eigenvalue weighted by atomic mass is 16.5. The predicted octanol–water partition coefficient (Wildman–Crippen LogP) is 3.71. The summed E-state index contributed by atoms with van der Waals surface area (Å²) in [5, 5.41) is 2.91. The van der Waals surface area contributed by atoms with E-state index in [4.69, 9.17) is 9.47 Å². The van der Waals surface area contributed by atoms with E-state index in [-0.39, 0.29) is 5.91 Å². The Morgan fingerprint density at radius 3 is 2.45 bits per heavy atom. The predicted molar refractivity (Wildman–Crippen MR) is 87.6 cm³/mol. The number of hydrogen-bond acceptors (Lipinski definition) is 3. The van der Waals surface area contributed by atoms with Crippen LogP contribution in [0.5, 0.6) is 5.75 Å². The molecule has 1 N–H and O–H groups in total. The molecular weight excluding hydrogens is 278 g/mol. The fourth-order valence-electron chi connectivity index (χ4n) is 2.21. The largest absolute Gasteiger partial charge is 0.496 e. The summed E-state index contributed by atoms with van der Waals surface area (Å²) in [4.78, 5) is 12.4. The Morgan fingerprint density at radius 2 is 1.82 bits per heavy atom. The molecule has 0 aliphatic rings. The molecule has 0 atom stereocenters. The monoisotopic (exact) mass is 299 g/mol. The fraction of sp³-hybridized carbons (Fsp3) is 0.278. The topological polar surface area (TPSA) is 47.6 Å². The molecule has 2 aromatic carbocycles. The van der Waals surface area contributed by atoms with Crippen LogP contribution in [0.15, 0.2) is 36.4 Å². The van der Waals surface area contributed by atoms with E-state index in [1.807, 2.05) is 32.0 Å². The molecule has 0 bridgehead atoms. The van der Waals surface area contributed by atoms with Gasteiger partial charge in [-0.1, -0.05) is 6.07 Å². The maximum Gasteiger partial charge on any atom is 0.255 e. The van der Waals surface area contributed by atoms with E-state index >= 15 is 0 Å². The highest BCUT2D eigenvalue weighted by molar-refractivity contribution is 6.04. The summed E-state index contributed by atoms with van der Waals surface area (Å²) in [5.74, 6) is 0.563. The summed E-state index contributed by atoms with van der Waals surface area (Å²) in [6, 6.07) is 11.2. The third-order valence-corrected chi connectivity index (χ3v) is 3.61. The third-order valence-electron chi connectivity index (χ3n) is 3.61. The Morgan fingerprint density at radius 1 is 1.05 bits per heavy atom. The lowest BCUT2D eigenvalue weighted by Gasteiger charge is -2.11. The maximum atomic E-state index is 12.4. The van der Waals surface area contributed by atoms with Crippen LogP contribution in [0.1, 0.15) is 27.0 Å². The SMILES string of the molecule is COCc1cc(C(=O)Nc2ccc(C)c(C)c2)ccc1OC.